The number of carbonyl (C=O) groups excluding carboxylic acids is 1. The predicted molar refractivity (Wildman–Crippen MR) is 46.2 cm³/mol. The summed E-state index contributed by atoms with van der Waals surface area (Å²) >= 11 is 0. The lowest BCUT2D eigenvalue weighted by atomic mass is 10.0. The van der Waals surface area contributed by atoms with E-state index < -0.39 is 24.6 Å². The molecule has 4 N–H and O–H groups in total. The van der Waals surface area contributed by atoms with Crippen molar-refractivity contribution in [2.24, 2.45) is 0 Å². The topological polar surface area (TPSA) is 99.0 Å². The molecule has 1 heterocycles. The Kier molecular flexibility index (Phi) is 3.82. The molecule has 0 saturated carbocycles. The molecule has 1 aliphatic heterocycles. The second kappa shape index (κ2) is 4.70. The predicted octanol–water partition coefficient (Wildman–Crippen LogP) is -2.05. The van der Waals surface area contributed by atoms with E-state index in [0.29, 0.717) is 0 Å². The van der Waals surface area contributed by atoms with Crippen LogP contribution in [-0.4, -0.2) is 52.4 Å². The van der Waals surface area contributed by atoms with Crippen molar-refractivity contribution in [1.29, 1.82) is 0 Å². The van der Waals surface area contributed by atoms with Crippen molar-refractivity contribution < 1.29 is 24.9 Å². The van der Waals surface area contributed by atoms with Crippen molar-refractivity contribution in [1.82, 2.24) is 5.32 Å². The average molecular weight is 205 g/mol. The Bertz CT molecular complexity index is 198. The van der Waals surface area contributed by atoms with Gasteiger partial charge in [-0.15, -0.1) is 0 Å². The molecule has 1 aliphatic rings. The number of rotatable bonds is 2. The molecule has 1 saturated heterocycles. The van der Waals surface area contributed by atoms with Crippen molar-refractivity contribution >= 4 is 5.91 Å². The van der Waals surface area contributed by atoms with E-state index in [0.717, 1.165) is 0 Å². The number of hydrogen-bond acceptors (Lipinski definition) is 5. The summed E-state index contributed by atoms with van der Waals surface area (Å²) < 4.78 is 4.95. The minimum atomic E-state index is -1.39. The van der Waals surface area contributed by atoms with Crippen LogP contribution in [0.2, 0.25) is 0 Å². The van der Waals surface area contributed by atoms with Crippen LogP contribution < -0.4 is 5.32 Å². The second-order valence-electron chi connectivity index (χ2n) is 3.38. The van der Waals surface area contributed by atoms with Gasteiger partial charge in [0, 0.05) is 19.9 Å². The number of aliphatic hydroxyl groups excluding tert-OH is 3. The molecule has 0 unspecified atom stereocenters. The molecule has 0 aromatic rings. The van der Waals surface area contributed by atoms with E-state index in [1.807, 2.05) is 0 Å². The van der Waals surface area contributed by atoms with E-state index in [1.54, 1.807) is 0 Å². The van der Waals surface area contributed by atoms with Crippen molar-refractivity contribution in [2.45, 2.75) is 37.9 Å². The van der Waals surface area contributed by atoms with Crippen LogP contribution >= 0.6 is 0 Å². The molecule has 0 spiro atoms. The lowest BCUT2D eigenvalue weighted by Crippen LogP contribution is -2.50. The van der Waals surface area contributed by atoms with E-state index in [1.165, 1.54) is 6.92 Å². The standard InChI is InChI=1S/C8H15NO5/c1-4(10)9-3-5-2-6(11)7(12)8(13)14-5/h5-8,11-13H,2-3H2,1H3,(H,9,10)/t5-,6+,7+,8+/m0/s1. The fraction of sp³-hybridized carbons (Fsp3) is 0.875. The Morgan fingerprint density at radius 2 is 2.14 bits per heavy atom. The summed E-state index contributed by atoms with van der Waals surface area (Å²) in [4.78, 5) is 10.6. The first-order valence-corrected chi connectivity index (χ1v) is 4.45. The molecule has 4 atom stereocenters. The van der Waals surface area contributed by atoms with Crippen molar-refractivity contribution in [3.8, 4) is 0 Å². The van der Waals surface area contributed by atoms with Crippen LogP contribution in [0.4, 0.5) is 0 Å². The van der Waals surface area contributed by atoms with Crippen LogP contribution in [-0.2, 0) is 9.53 Å². The molecule has 14 heavy (non-hydrogen) atoms. The van der Waals surface area contributed by atoms with Gasteiger partial charge in [0.1, 0.15) is 6.10 Å². The van der Waals surface area contributed by atoms with Gasteiger partial charge in [0.2, 0.25) is 5.91 Å². The maximum atomic E-state index is 10.6. The number of carbonyl (C=O) groups is 1. The highest BCUT2D eigenvalue weighted by Gasteiger charge is 2.35. The molecule has 6 heteroatoms. The first-order valence-electron chi connectivity index (χ1n) is 4.45. The van der Waals surface area contributed by atoms with Gasteiger partial charge in [0.15, 0.2) is 6.29 Å². The SMILES string of the molecule is CC(=O)NC[C@@H]1C[C@@H](O)[C@@H](O)[C@H](O)O1. The quantitative estimate of drug-likeness (QED) is 0.416. The summed E-state index contributed by atoms with van der Waals surface area (Å²) in [7, 11) is 0. The largest absolute Gasteiger partial charge is 0.390 e. The van der Waals surface area contributed by atoms with Gasteiger partial charge in [-0.25, -0.2) is 0 Å². The van der Waals surface area contributed by atoms with Gasteiger partial charge in [-0.1, -0.05) is 0 Å². The fourth-order valence-corrected chi connectivity index (χ4v) is 1.32. The summed E-state index contributed by atoms with van der Waals surface area (Å²) in [6.45, 7) is 1.58. The summed E-state index contributed by atoms with van der Waals surface area (Å²) in [5, 5.41) is 30.1. The Hall–Kier alpha value is -0.690. The minimum absolute atomic E-state index is 0.193. The molecule has 0 aromatic heterocycles. The molecule has 1 fully saturated rings. The van der Waals surface area contributed by atoms with E-state index in [9.17, 15) is 9.90 Å². The van der Waals surface area contributed by atoms with Crippen LogP contribution in [0.1, 0.15) is 13.3 Å². The Morgan fingerprint density at radius 3 is 2.64 bits per heavy atom. The smallest absolute Gasteiger partial charge is 0.216 e. The van der Waals surface area contributed by atoms with Crippen molar-refractivity contribution in [2.75, 3.05) is 6.54 Å². The van der Waals surface area contributed by atoms with E-state index in [-0.39, 0.29) is 18.9 Å². The minimum Gasteiger partial charge on any atom is -0.390 e. The zero-order chi connectivity index (χ0) is 10.7. The molecule has 1 rings (SSSR count). The first kappa shape index (κ1) is 11.4. The van der Waals surface area contributed by atoms with E-state index in [4.69, 9.17) is 14.9 Å². The monoisotopic (exact) mass is 205 g/mol. The number of hydrogen-bond donors (Lipinski definition) is 4. The molecular weight excluding hydrogens is 190 g/mol. The highest BCUT2D eigenvalue weighted by molar-refractivity contribution is 5.72. The van der Waals surface area contributed by atoms with E-state index >= 15 is 0 Å². The number of amides is 1. The number of ether oxygens (including phenoxy) is 1. The van der Waals surface area contributed by atoms with Crippen molar-refractivity contribution in [3.05, 3.63) is 0 Å². The molecule has 0 aliphatic carbocycles. The van der Waals surface area contributed by atoms with Crippen LogP contribution in [0, 0.1) is 0 Å². The van der Waals surface area contributed by atoms with Gasteiger partial charge in [0.05, 0.1) is 12.2 Å². The number of aliphatic hydroxyl groups is 3. The second-order valence-corrected chi connectivity index (χ2v) is 3.38. The van der Waals surface area contributed by atoms with Gasteiger partial charge in [0.25, 0.3) is 0 Å². The summed E-state index contributed by atoms with van der Waals surface area (Å²) in [5.74, 6) is -0.205. The summed E-state index contributed by atoms with van der Waals surface area (Å²) in [5.41, 5.74) is 0. The average Bonchev–Trinajstić information content (AvgIpc) is 2.10. The summed E-state index contributed by atoms with van der Waals surface area (Å²) in [6.07, 6.45) is -3.95. The van der Waals surface area contributed by atoms with E-state index in [2.05, 4.69) is 5.32 Å². The molecule has 0 aromatic carbocycles. The van der Waals surface area contributed by atoms with Gasteiger partial charge in [-0.05, 0) is 0 Å². The summed E-state index contributed by atoms with van der Waals surface area (Å²) in [6, 6.07) is 0. The van der Waals surface area contributed by atoms with Gasteiger partial charge in [-0.2, -0.15) is 0 Å². The normalized spacial score (nSPS) is 38.0. The third-order valence-corrected chi connectivity index (χ3v) is 2.10. The zero-order valence-electron chi connectivity index (χ0n) is 7.88. The van der Waals surface area contributed by atoms with Crippen LogP contribution in [0.25, 0.3) is 0 Å². The zero-order valence-corrected chi connectivity index (χ0v) is 7.88. The lowest BCUT2D eigenvalue weighted by Gasteiger charge is -2.34. The third-order valence-electron chi connectivity index (χ3n) is 2.10. The Labute approximate surface area is 81.5 Å². The maximum absolute atomic E-state index is 10.6. The van der Waals surface area contributed by atoms with Crippen molar-refractivity contribution in [3.63, 3.8) is 0 Å². The molecular formula is C8H15NO5. The Morgan fingerprint density at radius 1 is 1.50 bits per heavy atom. The highest BCUT2D eigenvalue weighted by Crippen LogP contribution is 2.18. The number of nitrogens with one attached hydrogen (secondary N) is 1. The lowest BCUT2D eigenvalue weighted by molar-refractivity contribution is -0.245. The van der Waals surface area contributed by atoms with Crippen LogP contribution in [0.3, 0.4) is 0 Å². The molecule has 0 bridgehead atoms. The first-order chi connectivity index (χ1) is 6.50. The molecule has 1 amide bonds. The Balaban J connectivity index is 2.38. The fourth-order valence-electron chi connectivity index (χ4n) is 1.32. The van der Waals surface area contributed by atoms with Gasteiger partial charge in [-0.3, -0.25) is 4.79 Å². The highest BCUT2D eigenvalue weighted by atomic mass is 16.6. The molecule has 82 valence electrons. The van der Waals surface area contributed by atoms with Crippen LogP contribution in [0.15, 0.2) is 0 Å². The maximum Gasteiger partial charge on any atom is 0.216 e. The van der Waals surface area contributed by atoms with Crippen LogP contribution in [0.5, 0.6) is 0 Å². The molecule has 0 radical (unpaired) electrons. The van der Waals surface area contributed by atoms with Gasteiger partial charge < -0.3 is 25.4 Å². The van der Waals surface area contributed by atoms with Gasteiger partial charge >= 0.3 is 0 Å². The molecule has 6 nitrogen and oxygen atoms in total. The third kappa shape index (κ3) is 2.91.